The van der Waals surface area contributed by atoms with Crippen molar-refractivity contribution in [2.24, 2.45) is 17.8 Å². The summed E-state index contributed by atoms with van der Waals surface area (Å²) >= 11 is 0. The van der Waals surface area contributed by atoms with Crippen LogP contribution in [0.2, 0.25) is 0 Å². The molecule has 0 radical (unpaired) electrons. The van der Waals surface area contributed by atoms with Gasteiger partial charge in [-0.25, -0.2) is 0 Å². The zero-order chi connectivity index (χ0) is 10.7. The van der Waals surface area contributed by atoms with Crippen molar-refractivity contribution >= 4 is 5.91 Å². The molecule has 2 rings (SSSR count). The van der Waals surface area contributed by atoms with Gasteiger partial charge >= 0.3 is 0 Å². The van der Waals surface area contributed by atoms with E-state index in [-0.39, 0.29) is 0 Å². The highest BCUT2D eigenvalue weighted by molar-refractivity contribution is 5.81. The van der Waals surface area contributed by atoms with E-state index in [0.717, 1.165) is 44.3 Å². The van der Waals surface area contributed by atoms with Crippen LogP contribution in [0.25, 0.3) is 0 Å². The Balaban J connectivity index is 1.50. The van der Waals surface area contributed by atoms with Gasteiger partial charge in [-0.1, -0.05) is 6.92 Å². The minimum absolute atomic E-state index is 0.296. The van der Waals surface area contributed by atoms with Gasteiger partial charge in [0.05, 0.1) is 0 Å². The second-order valence-electron chi connectivity index (χ2n) is 4.88. The molecule has 0 unspecified atom stereocenters. The molecule has 0 aromatic heterocycles. The van der Waals surface area contributed by atoms with E-state index in [4.69, 9.17) is 0 Å². The third kappa shape index (κ3) is 3.20. The van der Waals surface area contributed by atoms with Crippen LogP contribution in [0.3, 0.4) is 0 Å². The van der Waals surface area contributed by atoms with Crippen LogP contribution < -0.4 is 10.6 Å². The van der Waals surface area contributed by atoms with Crippen molar-refractivity contribution in [2.75, 3.05) is 19.6 Å². The van der Waals surface area contributed by atoms with E-state index in [1.165, 1.54) is 12.8 Å². The number of rotatable bonds is 7. The Morgan fingerprint density at radius 1 is 1.27 bits per heavy atom. The van der Waals surface area contributed by atoms with Gasteiger partial charge in [-0.05, 0) is 44.1 Å². The minimum atomic E-state index is 0.296. The molecule has 0 bridgehead atoms. The van der Waals surface area contributed by atoms with Crippen molar-refractivity contribution in [2.45, 2.75) is 32.6 Å². The summed E-state index contributed by atoms with van der Waals surface area (Å²) in [4.78, 5) is 11.6. The summed E-state index contributed by atoms with van der Waals surface area (Å²) in [5.74, 6) is 2.31. The predicted molar refractivity (Wildman–Crippen MR) is 60.5 cm³/mol. The maximum Gasteiger partial charge on any atom is 0.223 e. The quantitative estimate of drug-likeness (QED) is 0.619. The highest BCUT2D eigenvalue weighted by atomic mass is 16.2. The molecular formula is C12H22N2O. The third-order valence-corrected chi connectivity index (χ3v) is 3.43. The first-order chi connectivity index (χ1) is 7.33. The first-order valence-corrected chi connectivity index (χ1v) is 6.31. The number of amides is 1. The maximum absolute atomic E-state index is 11.6. The molecule has 2 aliphatic carbocycles. The number of hydrogen-bond donors (Lipinski definition) is 2. The lowest BCUT2D eigenvalue weighted by Gasteiger charge is -2.05. The monoisotopic (exact) mass is 210 g/mol. The normalized spacial score (nSPS) is 28.9. The maximum atomic E-state index is 11.6. The van der Waals surface area contributed by atoms with E-state index in [0.29, 0.717) is 11.8 Å². The average molecular weight is 210 g/mol. The van der Waals surface area contributed by atoms with E-state index in [2.05, 4.69) is 17.6 Å². The Bertz CT molecular complexity index is 226. The zero-order valence-corrected chi connectivity index (χ0v) is 9.59. The van der Waals surface area contributed by atoms with Gasteiger partial charge < -0.3 is 10.6 Å². The summed E-state index contributed by atoms with van der Waals surface area (Å²) in [5.41, 5.74) is 0. The van der Waals surface area contributed by atoms with Gasteiger partial charge in [0.1, 0.15) is 0 Å². The molecule has 15 heavy (non-hydrogen) atoms. The topological polar surface area (TPSA) is 41.1 Å². The second kappa shape index (κ2) is 4.97. The van der Waals surface area contributed by atoms with E-state index in [9.17, 15) is 4.79 Å². The molecule has 0 aliphatic heterocycles. The van der Waals surface area contributed by atoms with E-state index >= 15 is 0 Å². The second-order valence-corrected chi connectivity index (χ2v) is 4.88. The fourth-order valence-electron chi connectivity index (χ4n) is 2.27. The van der Waals surface area contributed by atoms with Crippen molar-refractivity contribution in [1.82, 2.24) is 10.6 Å². The highest BCUT2D eigenvalue weighted by Crippen LogP contribution is 2.54. The highest BCUT2D eigenvalue weighted by Gasteiger charge is 2.50. The first-order valence-electron chi connectivity index (χ1n) is 6.31. The van der Waals surface area contributed by atoms with Crippen molar-refractivity contribution in [3.05, 3.63) is 0 Å². The molecule has 2 N–H and O–H groups in total. The molecular weight excluding hydrogens is 188 g/mol. The van der Waals surface area contributed by atoms with Crippen LogP contribution in [-0.2, 0) is 4.79 Å². The molecule has 0 spiro atoms. The standard InChI is InChI=1S/C12H22N2O/c1-2-5-13-6-7-14-12(15)11-8-10(11)9-3-4-9/h9-11,13H,2-8H2,1H3,(H,14,15)/t10-,11+/m0/s1. The van der Waals surface area contributed by atoms with Crippen LogP contribution in [0.15, 0.2) is 0 Å². The van der Waals surface area contributed by atoms with Crippen LogP contribution in [0.1, 0.15) is 32.6 Å². The smallest absolute Gasteiger partial charge is 0.223 e. The van der Waals surface area contributed by atoms with E-state index in [1.807, 2.05) is 0 Å². The fraction of sp³-hybridized carbons (Fsp3) is 0.917. The Labute approximate surface area is 92.0 Å². The summed E-state index contributed by atoms with van der Waals surface area (Å²) in [6.07, 6.45) is 5.04. The largest absolute Gasteiger partial charge is 0.355 e. The number of hydrogen-bond acceptors (Lipinski definition) is 2. The Morgan fingerprint density at radius 2 is 2.07 bits per heavy atom. The molecule has 1 amide bonds. The van der Waals surface area contributed by atoms with Crippen LogP contribution >= 0.6 is 0 Å². The molecule has 86 valence electrons. The van der Waals surface area contributed by atoms with Gasteiger partial charge in [-0.3, -0.25) is 4.79 Å². The molecule has 0 saturated heterocycles. The van der Waals surface area contributed by atoms with Crippen molar-refractivity contribution in [3.8, 4) is 0 Å². The van der Waals surface area contributed by atoms with Crippen molar-refractivity contribution < 1.29 is 4.79 Å². The van der Waals surface area contributed by atoms with Crippen LogP contribution in [0.5, 0.6) is 0 Å². The lowest BCUT2D eigenvalue weighted by molar-refractivity contribution is -0.122. The Morgan fingerprint density at radius 3 is 2.73 bits per heavy atom. The molecule has 2 atom stereocenters. The molecule has 0 aromatic rings. The van der Waals surface area contributed by atoms with Gasteiger partial charge in [0.15, 0.2) is 0 Å². The fourth-order valence-corrected chi connectivity index (χ4v) is 2.27. The minimum Gasteiger partial charge on any atom is -0.355 e. The molecule has 2 saturated carbocycles. The van der Waals surface area contributed by atoms with Crippen LogP contribution in [0, 0.1) is 17.8 Å². The van der Waals surface area contributed by atoms with Crippen molar-refractivity contribution in [1.29, 1.82) is 0 Å². The zero-order valence-electron chi connectivity index (χ0n) is 9.59. The summed E-state index contributed by atoms with van der Waals surface area (Å²) in [6, 6.07) is 0. The number of nitrogens with one attached hydrogen (secondary N) is 2. The van der Waals surface area contributed by atoms with Gasteiger partial charge in [0.2, 0.25) is 5.91 Å². The van der Waals surface area contributed by atoms with Gasteiger partial charge in [-0.15, -0.1) is 0 Å². The predicted octanol–water partition coefficient (Wildman–Crippen LogP) is 1.15. The molecule has 2 aliphatic rings. The Kier molecular flexibility index (Phi) is 3.62. The molecule has 2 fully saturated rings. The number of carbonyl (C=O) groups is 1. The molecule has 3 nitrogen and oxygen atoms in total. The lowest BCUT2D eigenvalue weighted by atomic mass is 10.2. The summed E-state index contributed by atoms with van der Waals surface area (Å²) in [5, 5.41) is 6.30. The first kappa shape index (κ1) is 10.9. The summed E-state index contributed by atoms with van der Waals surface area (Å²) in [6.45, 7) is 4.88. The Hall–Kier alpha value is -0.570. The average Bonchev–Trinajstić information content (AvgIpc) is 3.05. The van der Waals surface area contributed by atoms with Gasteiger partial charge in [0.25, 0.3) is 0 Å². The third-order valence-electron chi connectivity index (χ3n) is 3.43. The van der Waals surface area contributed by atoms with E-state index in [1.54, 1.807) is 0 Å². The van der Waals surface area contributed by atoms with Gasteiger partial charge in [0, 0.05) is 19.0 Å². The summed E-state index contributed by atoms with van der Waals surface area (Å²) < 4.78 is 0. The molecule has 0 heterocycles. The SMILES string of the molecule is CCCNCCNC(=O)[C@@H]1C[C@H]1C1CC1. The van der Waals surface area contributed by atoms with Crippen LogP contribution in [-0.4, -0.2) is 25.5 Å². The number of carbonyl (C=O) groups excluding carboxylic acids is 1. The molecule has 0 aromatic carbocycles. The summed E-state index contributed by atoms with van der Waals surface area (Å²) in [7, 11) is 0. The lowest BCUT2D eigenvalue weighted by Crippen LogP contribution is -2.33. The van der Waals surface area contributed by atoms with Crippen molar-refractivity contribution in [3.63, 3.8) is 0 Å². The van der Waals surface area contributed by atoms with Gasteiger partial charge in [-0.2, -0.15) is 0 Å². The van der Waals surface area contributed by atoms with E-state index < -0.39 is 0 Å². The van der Waals surface area contributed by atoms with Crippen LogP contribution in [0.4, 0.5) is 0 Å². The molecule has 3 heteroatoms.